The van der Waals surface area contributed by atoms with Crippen LogP contribution in [0.5, 0.6) is 0 Å². The molecule has 5 nitrogen and oxygen atoms in total. The molecule has 22 heavy (non-hydrogen) atoms. The highest BCUT2D eigenvalue weighted by atomic mass is 16.6. The molecule has 3 aromatic rings. The van der Waals surface area contributed by atoms with E-state index in [-0.39, 0.29) is 7.12 Å². The van der Waals surface area contributed by atoms with E-state index in [1.807, 2.05) is 53.1 Å². The third kappa shape index (κ3) is 2.26. The minimum absolute atomic E-state index is 0.301. The van der Waals surface area contributed by atoms with E-state index in [0.29, 0.717) is 5.95 Å². The Balaban J connectivity index is 1.80. The number of anilines is 1. The molecule has 0 aliphatic carbocycles. The lowest BCUT2D eigenvalue weighted by Gasteiger charge is -2.20. The minimum atomic E-state index is -0.301. The molecule has 1 aliphatic heterocycles. The van der Waals surface area contributed by atoms with E-state index in [0.717, 1.165) is 41.8 Å². The lowest BCUT2D eigenvalue weighted by molar-refractivity contribution is 0.143. The Labute approximate surface area is 128 Å². The van der Waals surface area contributed by atoms with Gasteiger partial charge in [-0.05, 0) is 36.1 Å². The number of nitrogens with two attached hydrogens (primary N) is 1. The monoisotopic (exact) mass is 293 g/mol. The Morgan fingerprint density at radius 2 is 1.86 bits per heavy atom. The van der Waals surface area contributed by atoms with Gasteiger partial charge in [0.15, 0.2) is 0 Å². The molecule has 1 fully saturated rings. The summed E-state index contributed by atoms with van der Waals surface area (Å²) in [7, 11) is -0.301. The first-order valence-electron chi connectivity index (χ1n) is 7.39. The average Bonchev–Trinajstić information content (AvgIpc) is 2.91. The summed E-state index contributed by atoms with van der Waals surface area (Å²) >= 11 is 0. The van der Waals surface area contributed by atoms with Gasteiger partial charge in [0.2, 0.25) is 5.95 Å². The summed E-state index contributed by atoms with van der Waals surface area (Å²) in [6.07, 6.45) is 0.940. The van der Waals surface area contributed by atoms with Crippen molar-refractivity contribution < 1.29 is 9.31 Å². The van der Waals surface area contributed by atoms with Crippen molar-refractivity contribution in [3.63, 3.8) is 0 Å². The molecule has 0 saturated carbocycles. The van der Waals surface area contributed by atoms with Crippen molar-refractivity contribution in [1.29, 1.82) is 0 Å². The fourth-order valence-corrected chi connectivity index (χ4v) is 2.81. The first kappa shape index (κ1) is 13.4. The smallest absolute Gasteiger partial charge is 0.407 e. The van der Waals surface area contributed by atoms with Gasteiger partial charge in [0, 0.05) is 18.9 Å². The van der Waals surface area contributed by atoms with Gasteiger partial charge in [0.25, 0.3) is 0 Å². The maximum Gasteiger partial charge on any atom is 0.493 e. The number of para-hydroxylation sites is 2. The van der Waals surface area contributed by atoms with Crippen LogP contribution in [0.25, 0.3) is 16.7 Å². The van der Waals surface area contributed by atoms with E-state index in [4.69, 9.17) is 15.0 Å². The first-order chi connectivity index (χ1) is 10.8. The number of rotatable bonds is 2. The second-order valence-corrected chi connectivity index (χ2v) is 5.32. The van der Waals surface area contributed by atoms with Gasteiger partial charge in [-0.25, -0.2) is 4.98 Å². The van der Waals surface area contributed by atoms with Crippen LogP contribution in [0.1, 0.15) is 6.42 Å². The molecular weight excluding hydrogens is 277 g/mol. The number of nitrogens with zero attached hydrogens (tertiary/aromatic N) is 2. The van der Waals surface area contributed by atoms with E-state index in [1.54, 1.807) is 0 Å². The third-order valence-corrected chi connectivity index (χ3v) is 3.81. The summed E-state index contributed by atoms with van der Waals surface area (Å²) in [6.45, 7) is 1.45. The molecule has 1 aromatic heterocycles. The SMILES string of the molecule is Nc1nc2ccccc2n1-c1cccc(B2OCCCO2)c1. The van der Waals surface area contributed by atoms with E-state index < -0.39 is 0 Å². The topological polar surface area (TPSA) is 62.3 Å². The number of aromatic nitrogens is 2. The van der Waals surface area contributed by atoms with Crippen LogP contribution in [-0.4, -0.2) is 29.9 Å². The summed E-state index contributed by atoms with van der Waals surface area (Å²) in [6, 6.07) is 16.0. The molecule has 2 heterocycles. The summed E-state index contributed by atoms with van der Waals surface area (Å²) in [5, 5.41) is 0. The normalized spacial score (nSPS) is 15.4. The summed E-state index contributed by atoms with van der Waals surface area (Å²) in [5.41, 5.74) is 9.93. The Bertz CT molecular complexity index is 812. The van der Waals surface area contributed by atoms with Gasteiger partial charge in [-0.2, -0.15) is 0 Å². The highest BCUT2D eigenvalue weighted by Gasteiger charge is 2.24. The number of fused-ring (bicyclic) bond motifs is 1. The average molecular weight is 293 g/mol. The molecule has 0 unspecified atom stereocenters. The van der Waals surface area contributed by atoms with Crippen LogP contribution in [0.3, 0.4) is 0 Å². The van der Waals surface area contributed by atoms with Crippen LogP contribution in [0.2, 0.25) is 0 Å². The lowest BCUT2D eigenvalue weighted by Crippen LogP contribution is -2.41. The molecule has 4 rings (SSSR count). The molecule has 0 radical (unpaired) electrons. The minimum Gasteiger partial charge on any atom is -0.407 e. The molecule has 2 aromatic carbocycles. The van der Waals surface area contributed by atoms with Crippen LogP contribution in [0, 0.1) is 0 Å². The van der Waals surface area contributed by atoms with Gasteiger partial charge in [0.05, 0.1) is 11.0 Å². The van der Waals surface area contributed by atoms with E-state index in [1.165, 1.54) is 0 Å². The molecule has 110 valence electrons. The fraction of sp³-hybridized carbons (Fsp3) is 0.188. The van der Waals surface area contributed by atoms with Crippen molar-refractivity contribution in [3.8, 4) is 5.69 Å². The lowest BCUT2D eigenvalue weighted by atomic mass is 9.78. The van der Waals surface area contributed by atoms with Crippen molar-refractivity contribution in [1.82, 2.24) is 9.55 Å². The number of imidazole rings is 1. The molecule has 0 bridgehead atoms. The first-order valence-corrected chi connectivity index (χ1v) is 7.39. The Morgan fingerprint density at radius 1 is 1.05 bits per heavy atom. The van der Waals surface area contributed by atoms with Gasteiger partial charge in [-0.15, -0.1) is 0 Å². The molecule has 1 aliphatic rings. The quantitative estimate of drug-likeness (QED) is 0.731. The number of benzene rings is 2. The molecule has 0 atom stereocenters. The van der Waals surface area contributed by atoms with Crippen molar-refractivity contribution >= 4 is 29.6 Å². The summed E-state index contributed by atoms with van der Waals surface area (Å²) < 4.78 is 13.3. The molecule has 2 N–H and O–H groups in total. The summed E-state index contributed by atoms with van der Waals surface area (Å²) in [4.78, 5) is 4.41. The van der Waals surface area contributed by atoms with Crippen molar-refractivity contribution in [2.45, 2.75) is 6.42 Å². The van der Waals surface area contributed by atoms with Gasteiger partial charge in [-0.1, -0.05) is 24.3 Å². The maximum absolute atomic E-state index is 6.10. The molecular formula is C16H16BN3O2. The van der Waals surface area contributed by atoms with Crippen molar-refractivity contribution in [2.24, 2.45) is 0 Å². The van der Waals surface area contributed by atoms with E-state index >= 15 is 0 Å². The number of hydrogen-bond donors (Lipinski definition) is 1. The van der Waals surface area contributed by atoms with E-state index in [2.05, 4.69) is 4.98 Å². The van der Waals surface area contributed by atoms with Crippen LogP contribution < -0.4 is 11.2 Å². The predicted molar refractivity (Wildman–Crippen MR) is 87.4 cm³/mol. The molecule has 1 saturated heterocycles. The number of nitrogen functional groups attached to an aromatic ring is 1. The second-order valence-electron chi connectivity index (χ2n) is 5.32. The van der Waals surface area contributed by atoms with Gasteiger partial charge < -0.3 is 15.0 Å². The third-order valence-electron chi connectivity index (χ3n) is 3.81. The van der Waals surface area contributed by atoms with E-state index in [9.17, 15) is 0 Å². The van der Waals surface area contributed by atoms with Crippen LogP contribution in [-0.2, 0) is 9.31 Å². The Morgan fingerprint density at radius 3 is 2.73 bits per heavy atom. The zero-order valence-electron chi connectivity index (χ0n) is 12.1. The second kappa shape index (κ2) is 5.48. The van der Waals surface area contributed by atoms with Gasteiger partial charge in [-0.3, -0.25) is 4.57 Å². The van der Waals surface area contributed by atoms with Crippen molar-refractivity contribution in [2.75, 3.05) is 18.9 Å². The zero-order chi connectivity index (χ0) is 14.9. The number of hydrogen-bond acceptors (Lipinski definition) is 4. The maximum atomic E-state index is 6.10. The van der Waals surface area contributed by atoms with Gasteiger partial charge in [0.1, 0.15) is 0 Å². The molecule has 0 amide bonds. The Kier molecular flexibility index (Phi) is 3.33. The summed E-state index contributed by atoms with van der Waals surface area (Å²) in [5.74, 6) is 0.476. The Hall–Kier alpha value is -2.31. The fourth-order valence-electron chi connectivity index (χ4n) is 2.81. The predicted octanol–water partition coefficient (Wildman–Crippen LogP) is 1.74. The largest absolute Gasteiger partial charge is 0.493 e. The molecule has 0 spiro atoms. The standard InChI is InChI=1S/C16H16BN3O2/c18-16-19-14-7-1-2-8-15(14)20(16)13-6-3-5-12(11-13)17-21-9-4-10-22-17/h1-3,5-8,11H,4,9-10H2,(H2,18,19). The zero-order valence-corrected chi connectivity index (χ0v) is 12.1. The van der Waals surface area contributed by atoms with Crippen molar-refractivity contribution in [3.05, 3.63) is 48.5 Å². The van der Waals surface area contributed by atoms with Gasteiger partial charge >= 0.3 is 7.12 Å². The van der Waals surface area contributed by atoms with Crippen LogP contribution >= 0.6 is 0 Å². The highest BCUT2D eigenvalue weighted by molar-refractivity contribution is 6.61. The molecule has 6 heteroatoms. The van der Waals surface area contributed by atoms with Crippen LogP contribution in [0.4, 0.5) is 5.95 Å². The highest BCUT2D eigenvalue weighted by Crippen LogP contribution is 2.22. The van der Waals surface area contributed by atoms with Crippen LogP contribution in [0.15, 0.2) is 48.5 Å².